The van der Waals surface area contributed by atoms with Crippen LogP contribution in [0.15, 0.2) is 23.5 Å². The molecule has 0 amide bonds. The first kappa shape index (κ1) is 14.0. The van der Waals surface area contributed by atoms with Crippen LogP contribution in [0.25, 0.3) is 11.2 Å². The van der Waals surface area contributed by atoms with Crippen LogP contribution in [-0.2, 0) is 0 Å². The minimum atomic E-state index is 0.178. The number of hydrogen-bond donors (Lipinski definition) is 2. The summed E-state index contributed by atoms with van der Waals surface area (Å²) in [7, 11) is 0. The van der Waals surface area contributed by atoms with Gasteiger partial charge in [0, 0.05) is 18.3 Å². The van der Waals surface area contributed by atoms with Gasteiger partial charge in [-0.2, -0.15) is 4.98 Å². The number of hydrogen-bond acceptors (Lipinski definition) is 6. The number of aromatic nitrogens is 4. The highest BCUT2D eigenvalue weighted by Crippen LogP contribution is 2.37. The lowest BCUT2D eigenvalue weighted by Crippen LogP contribution is -2.08. The lowest BCUT2D eigenvalue weighted by molar-refractivity contribution is 0.244. The van der Waals surface area contributed by atoms with Crippen LogP contribution in [0.1, 0.15) is 25.3 Å². The first-order valence-corrected chi connectivity index (χ1v) is 8.65. The van der Waals surface area contributed by atoms with Crippen LogP contribution in [0.5, 0.6) is 0 Å². The highest BCUT2D eigenvalue weighted by atomic mass is 32.2. The maximum Gasteiger partial charge on any atom is 0.223 e. The maximum atomic E-state index is 9.29. The van der Waals surface area contributed by atoms with Crippen molar-refractivity contribution in [1.29, 1.82) is 0 Å². The Kier molecular flexibility index (Phi) is 3.54. The zero-order chi connectivity index (χ0) is 15.1. The molecule has 22 heavy (non-hydrogen) atoms. The average Bonchev–Trinajstić information content (AvgIpc) is 3.05. The molecule has 0 bridgehead atoms. The molecule has 2 aromatic rings. The molecule has 0 radical (unpaired) electrons. The molecule has 2 aromatic heterocycles. The fourth-order valence-electron chi connectivity index (χ4n) is 2.83. The number of thioether (sulfide) groups is 1. The minimum absolute atomic E-state index is 0.178. The summed E-state index contributed by atoms with van der Waals surface area (Å²) >= 11 is 1.73. The van der Waals surface area contributed by atoms with E-state index in [1.165, 1.54) is 12.8 Å². The lowest BCUT2D eigenvalue weighted by Gasteiger charge is -2.12. The van der Waals surface area contributed by atoms with Gasteiger partial charge >= 0.3 is 0 Å². The number of aliphatic hydroxyl groups is 1. The maximum absolute atomic E-state index is 9.29. The molecular weight excluding hydrogens is 298 g/mol. The molecule has 0 aliphatic heterocycles. The molecule has 3 N–H and O–H groups in total. The third-order valence-electron chi connectivity index (χ3n) is 4.30. The Hall–Kier alpha value is -1.60. The van der Waals surface area contributed by atoms with Crippen LogP contribution in [-0.4, -0.2) is 37.0 Å². The van der Waals surface area contributed by atoms with Crippen molar-refractivity contribution >= 4 is 28.9 Å². The van der Waals surface area contributed by atoms with E-state index in [1.54, 1.807) is 11.8 Å². The number of allylic oxidation sites excluding steroid dienone is 1. The third-order valence-corrected chi connectivity index (χ3v) is 5.50. The van der Waals surface area contributed by atoms with Crippen molar-refractivity contribution in [1.82, 2.24) is 19.5 Å². The van der Waals surface area contributed by atoms with Crippen molar-refractivity contribution in [3.8, 4) is 0 Å². The molecule has 0 saturated heterocycles. The predicted octanol–water partition coefficient (Wildman–Crippen LogP) is 2.02. The summed E-state index contributed by atoms with van der Waals surface area (Å²) in [5.41, 5.74) is 7.52. The second kappa shape index (κ2) is 5.55. The fourth-order valence-corrected chi connectivity index (χ4v) is 3.99. The Balaban J connectivity index is 1.67. The Labute approximate surface area is 132 Å². The summed E-state index contributed by atoms with van der Waals surface area (Å²) in [6.45, 7) is 0.180. The van der Waals surface area contributed by atoms with Crippen LogP contribution in [0.3, 0.4) is 0 Å². The number of nitrogens with zero attached hydrogens (tertiary/aromatic N) is 4. The van der Waals surface area contributed by atoms with Gasteiger partial charge in [-0.15, -0.1) is 11.8 Å². The van der Waals surface area contributed by atoms with Gasteiger partial charge in [0.1, 0.15) is 10.5 Å². The lowest BCUT2D eigenvalue weighted by atomic mass is 10.1. The molecule has 0 spiro atoms. The zero-order valence-electron chi connectivity index (χ0n) is 12.2. The van der Waals surface area contributed by atoms with Crippen LogP contribution >= 0.6 is 11.8 Å². The molecular formula is C15H19N5OS. The monoisotopic (exact) mass is 317 g/mol. The average molecular weight is 317 g/mol. The van der Waals surface area contributed by atoms with E-state index in [2.05, 4.69) is 27.1 Å². The molecule has 4 rings (SSSR count). The summed E-state index contributed by atoms with van der Waals surface area (Å²) in [4.78, 5) is 13.3. The second-order valence-electron chi connectivity index (χ2n) is 6.10. The minimum Gasteiger partial charge on any atom is -0.396 e. The van der Waals surface area contributed by atoms with E-state index in [0.717, 1.165) is 34.3 Å². The fraction of sp³-hybridized carbons (Fsp3) is 0.533. The van der Waals surface area contributed by atoms with Gasteiger partial charge in [0.25, 0.3) is 0 Å². The molecule has 2 atom stereocenters. The standard InChI is InChI=1S/C15H19N5OS/c16-15-18-13-12(14(19-15)22-7-9-1-2-9)17-8-20(13)11-4-3-10(5-11)6-21/h3-4,8-11,21H,1-2,5-7H2,(H2,16,18,19)/t10-,11+/m1/s1. The summed E-state index contributed by atoms with van der Waals surface area (Å²) in [5, 5.41) is 10.2. The largest absolute Gasteiger partial charge is 0.396 e. The normalized spacial score (nSPS) is 24.4. The van der Waals surface area contributed by atoms with E-state index in [9.17, 15) is 5.11 Å². The Morgan fingerprint density at radius 3 is 2.91 bits per heavy atom. The topological polar surface area (TPSA) is 89.8 Å². The van der Waals surface area contributed by atoms with Crippen LogP contribution in [0, 0.1) is 11.8 Å². The molecule has 2 heterocycles. The highest BCUT2D eigenvalue weighted by molar-refractivity contribution is 7.99. The summed E-state index contributed by atoms with van der Waals surface area (Å²) in [6.07, 6.45) is 9.49. The zero-order valence-corrected chi connectivity index (χ0v) is 13.0. The molecule has 7 heteroatoms. The molecule has 1 saturated carbocycles. The van der Waals surface area contributed by atoms with Gasteiger partial charge < -0.3 is 15.4 Å². The van der Waals surface area contributed by atoms with Crippen molar-refractivity contribution in [2.24, 2.45) is 11.8 Å². The summed E-state index contributed by atoms with van der Waals surface area (Å²) < 4.78 is 2.04. The van der Waals surface area contributed by atoms with Crippen molar-refractivity contribution in [2.75, 3.05) is 18.1 Å². The number of rotatable bonds is 5. The number of anilines is 1. The van der Waals surface area contributed by atoms with Gasteiger partial charge in [-0.3, -0.25) is 0 Å². The third kappa shape index (κ3) is 2.59. The van der Waals surface area contributed by atoms with Gasteiger partial charge in [-0.1, -0.05) is 12.2 Å². The highest BCUT2D eigenvalue weighted by Gasteiger charge is 2.25. The molecule has 0 aromatic carbocycles. The second-order valence-corrected chi connectivity index (χ2v) is 7.10. The number of fused-ring (bicyclic) bond motifs is 1. The van der Waals surface area contributed by atoms with E-state index < -0.39 is 0 Å². The SMILES string of the molecule is Nc1nc(SCC2CC2)c2ncn([C@H]3C=C[C@@H](CO)C3)c2n1. The number of nitrogen functional groups attached to an aromatic ring is 1. The Morgan fingerprint density at radius 2 is 2.18 bits per heavy atom. The van der Waals surface area contributed by atoms with Gasteiger partial charge in [-0.05, 0) is 25.2 Å². The van der Waals surface area contributed by atoms with Gasteiger partial charge in [-0.25, -0.2) is 9.97 Å². The molecule has 116 valence electrons. The van der Waals surface area contributed by atoms with E-state index in [-0.39, 0.29) is 18.6 Å². The summed E-state index contributed by atoms with van der Waals surface area (Å²) in [6, 6.07) is 0.178. The van der Waals surface area contributed by atoms with Gasteiger partial charge in [0.15, 0.2) is 5.65 Å². The molecule has 2 aliphatic carbocycles. The smallest absolute Gasteiger partial charge is 0.223 e. The molecule has 2 aliphatic rings. The first-order valence-electron chi connectivity index (χ1n) is 7.66. The van der Waals surface area contributed by atoms with Crippen molar-refractivity contribution in [3.63, 3.8) is 0 Å². The number of imidazole rings is 1. The van der Waals surface area contributed by atoms with Gasteiger partial charge in [0.2, 0.25) is 5.95 Å². The molecule has 6 nitrogen and oxygen atoms in total. The van der Waals surface area contributed by atoms with Gasteiger partial charge in [0.05, 0.1) is 12.4 Å². The number of nitrogens with two attached hydrogens (primary N) is 1. The summed E-state index contributed by atoms with van der Waals surface area (Å²) in [5.74, 6) is 2.41. The Morgan fingerprint density at radius 1 is 1.32 bits per heavy atom. The van der Waals surface area contributed by atoms with Crippen LogP contribution in [0.4, 0.5) is 5.95 Å². The quantitative estimate of drug-likeness (QED) is 0.498. The van der Waals surface area contributed by atoms with E-state index in [0.29, 0.717) is 5.95 Å². The van der Waals surface area contributed by atoms with E-state index in [1.807, 2.05) is 10.9 Å². The van der Waals surface area contributed by atoms with Crippen molar-refractivity contribution in [2.45, 2.75) is 30.3 Å². The van der Waals surface area contributed by atoms with E-state index in [4.69, 9.17) is 5.73 Å². The first-order chi connectivity index (χ1) is 10.7. The molecule has 1 fully saturated rings. The van der Waals surface area contributed by atoms with Crippen molar-refractivity contribution in [3.05, 3.63) is 18.5 Å². The van der Waals surface area contributed by atoms with Crippen LogP contribution in [0.2, 0.25) is 0 Å². The Bertz CT molecular complexity index is 724. The van der Waals surface area contributed by atoms with Crippen molar-refractivity contribution < 1.29 is 5.11 Å². The van der Waals surface area contributed by atoms with E-state index >= 15 is 0 Å². The van der Waals surface area contributed by atoms with Crippen LogP contribution < -0.4 is 5.73 Å². The molecule has 0 unspecified atom stereocenters. The predicted molar refractivity (Wildman–Crippen MR) is 86.6 cm³/mol. The number of aliphatic hydroxyl groups excluding tert-OH is 1.